The molecular weight excluding hydrogens is 248 g/mol. The van der Waals surface area contributed by atoms with Crippen LogP contribution in [0.25, 0.3) is 11.2 Å². The minimum absolute atomic E-state index is 0.298. The van der Waals surface area contributed by atoms with Gasteiger partial charge in [0.25, 0.3) is 0 Å². The number of rotatable bonds is 3. The third kappa shape index (κ3) is 2.12. The first-order valence-corrected chi connectivity index (χ1v) is 6.10. The van der Waals surface area contributed by atoms with Gasteiger partial charge in [-0.05, 0) is 25.0 Å². The van der Waals surface area contributed by atoms with Crippen LogP contribution in [0, 0.1) is 0 Å². The van der Waals surface area contributed by atoms with Crippen molar-refractivity contribution in [2.75, 3.05) is 12.4 Å². The fourth-order valence-corrected chi connectivity index (χ4v) is 2.22. The van der Waals surface area contributed by atoms with Gasteiger partial charge in [-0.3, -0.25) is 0 Å². The number of anilines is 1. The molecule has 0 aromatic carbocycles. The molecule has 0 saturated carbocycles. The van der Waals surface area contributed by atoms with Crippen molar-refractivity contribution in [2.45, 2.75) is 25.0 Å². The number of nitrogens with zero attached hydrogens (tertiary/aromatic N) is 2. The number of carboxylic acids is 1. The van der Waals surface area contributed by atoms with E-state index in [9.17, 15) is 4.79 Å². The molecule has 0 amide bonds. The van der Waals surface area contributed by atoms with Crippen LogP contribution >= 0.6 is 0 Å². The van der Waals surface area contributed by atoms with Gasteiger partial charge in [0.2, 0.25) is 0 Å². The number of aromatic amines is 1. The highest BCUT2D eigenvalue weighted by molar-refractivity contribution is 5.74. The van der Waals surface area contributed by atoms with Crippen LogP contribution in [0.5, 0.6) is 0 Å². The number of aliphatic carboxylic acids is 1. The Morgan fingerprint density at radius 3 is 3.00 bits per heavy atom. The van der Waals surface area contributed by atoms with Crippen molar-refractivity contribution in [3.63, 3.8) is 0 Å². The predicted octanol–water partition coefficient (Wildman–Crippen LogP) is 1.30. The molecule has 3 rings (SSSR count). The molecule has 2 atom stereocenters. The Kier molecular flexibility index (Phi) is 2.83. The Labute approximate surface area is 109 Å². The van der Waals surface area contributed by atoms with E-state index in [1.165, 1.54) is 0 Å². The largest absolute Gasteiger partial charge is 0.479 e. The Morgan fingerprint density at radius 1 is 1.47 bits per heavy atom. The molecule has 0 aliphatic carbocycles. The second kappa shape index (κ2) is 4.51. The Hall–Kier alpha value is -2.15. The van der Waals surface area contributed by atoms with E-state index in [-0.39, 0.29) is 6.10 Å². The van der Waals surface area contributed by atoms with Gasteiger partial charge in [-0.25, -0.2) is 14.8 Å². The number of hydrogen-bond acceptors (Lipinski definition) is 5. The molecule has 0 radical (unpaired) electrons. The average Bonchev–Trinajstić information content (AvgIpc) is 3.04. The second-order valence-electron chi connectivity index (χ2n) is 4.47. The fraction of sp³-hybridized carbons (Fsp3) is 0.417. The molecule has 1 fully saturated rings. The van der Waals surface area contributed by atoms with Gasteiger partial charge in [0.05, 0.1) is 5.52 Å². The van der Waals surface area contributed by atoms with Crippen molar-refractivity contribution < 1.29 is 14.6 Å². The van der Waals surface area contributed by atoms with Crippen molar-refractivity contribution in [1.82, 2.24) is 15.0 Å². The smallest absolute Gasteiger partial charge is 0.332 e. The lowest BCUT2D eigenvalue weighted by atomic mass is 10.2. The van der Waals surface area contributed by atoms with Gasteiger partial charge in [-0.2, -0.15) is 0 Å². The molecule has 3 heterocycles. The van der Waals surface area contributed by atoms with Crippen molar-refractivity contribution in [2.24, 2.45) is 0 Å². The SMILES string of the molecule is CNc1ccc2[nH]c(C3CCC(C(=O)O)O3)nc2n1. The van der Waals surface area contributed by atoms with Gasteiger partial charge in [0, 0.05) is 7.05 Å². The summed E-state index contributed by atoms with van der Waals surface area (Å²) in [6.07, 6.45) is 0.120. The lowest BCUT2D eigenvalue weighted by molar-refractivity contribution is -0.149. The summed E-state index contributed by atoms with van der Waals surface area (Å²) in [6.45, 7) is 0. The van der Waals surface area contributed by atoms with Gasteiger partial charge < -0.3 is 20.1 Å². The number of ether oxygens (including phenoxy) is 1. The van der Waals surface area contributed by atoms with E-state index < -0.39 is 12.1 Å². The summed E-state index contributed by atoms with van der Waals surface area (Å²) in [5, 5.41) is 11.9. The number of aromatic nitrogens is 3. The first-order valence-electron chi connectivity index (χ1n) is 6.10. The number of fused-ring (bicyclic) bond motifs is 1. The monoisotopic (exact) mass is 262 g/mol. The molecule has 0 bridgehead atoms. The number of carboxylic acid groups (broad SMARTS) is 1. The van der Waals surface area contributed by atoms with E-state index in [2.05, 4.69) is 20.3 Å². The summed E-state index contributed by atoms with van der Waals surface area (Å²) in [6, 6.07) is 3.73. The Morgan fingerprint density at radius 2 is 2.32 bits per heavy atom. The number of nitrogens with one attached hydrogen (secondary N) is 2. The van der Waals surface area contributed by atoms with Gasteiger partial charge in [0.1, 0.15) is 17.7 Å². The molecule has 2 unspecified atom stereocenters. The molecule has 0 spiro atoms. The predicted molar refractivity (Wildman–Crippen MR) is 67.9 cm³/mol. The number of imidazole rings is 1. The van der Waals surface area contributed by atoms with Crippen LogP contribution in [0.1, 0.15) is 24.8 Å². The van der Waals surface area contributed by atoms with Crippen molar-refractivity contribution >= 4 is 23.0 Å². The zero-order valence-corrected chi connectivity index (χ0v) is 10.4. The fourth-order valence-electron chi connectivity index (χ4n) is 2.22. The molecule has 2 aromatic heterocycles. The lowest BCUT2D eigenvalue weighted by Gasteiger charge is -2.07. The van der Waals surface area contributed by atoms with Crippen LogP contribution in [-0.2, 0) is 9.53 Å². The third-order valence-electron chi connectivity index (χ3n) is 3.22. The number of pyridine rings is 1. The van der Waals surface area contributed by atoms with Crippen LogP contribution in [-0.4, -0.2) is 39.2 Å². The summed E-state index contributed by atoms with van der Waals surface area (Å²) in [7, 11) is 1.79. The molecule has 7 heteroatoms. The maximum atomic E-state index is 10.9. The zero-order valence-electron chi connectivity index (χ0n) is 10.4. The molecular formula is C12H14N4O3. The summed E-state index contributed by atoms with van der Waals surface area (Å²) in [5.74, 6) is 0.454. The van der Waals surface area contributed by atoms with Crippen molar-refractivity contribution in [3.05, 3.63) is 18.0 Å². The van der Waals surface area contributed by atoms with Crippen LogP contribution in [0.15, 0.2) is 12.1 Å². The third-order valence-corrected chi connectivity index (χ3v) is 3.22. The van der Waals surface area contributed by atoms with Gasteiger partial charge in [-0.1, -0.05) is 0 Å². The normalized spacial score (nSPS) is 22.8. The van der Waals surface area contributed by atoms with E-state index in [0.717, 1.165) is 11.3 Å². The Balaban J connectivity index is 1.88. The van der Waals surface area contributed by atoms with E-state index >= 15 is 0 Å². The molecule has 1 aliphatic rings. The summed E-state index contributed by atoms with van der Waals surface area (Å²) >= 11 is 0. The highest BCUT2D eigenvalue weighted by Crippen LogP contribution is 2.32. The zero-order chi connectivity index (χ0) is 13.4. The van der Waals surface area contributed by atoms with Crippen LogP contribution in [0.3, 0.4) is 0 Å². The molecule has 100 valence electrons. The van der Waals surface area contributed by atoms with Gasteiger partial charge in [-0.15, -0.1) is 0 Å². The van der Waals surface area contributed by atoms with Crippen LogP contribution < -0.4 is 5.32 Å². The number of H-pyrrole nitrogens is 1. The van der Waals surface area contributed by atoms with E-state index in [4.69, 9.17) is 9.84 Å². The lowest BCUT2D eigenvalue weighted by Crippen LogP contribution is -2.18. The molecule has 2 aromatic rings. The highest BCUT2D eigenvalue weighted by atomic mass is 16.5. The average molecular weight is 262 g/mol. The number of carbonyl (C=O) groups is 1. The highest BCUT2D eigenvalue weighted by Gasteiger charge is 2.33. The van der Waals surface area contributed by atoms with Crippen molar-refractivity contribution in [3.8, 4) is 0 Å². The van der Waals surface area contributed by atoms with Gasteiger partial charge >= 0.3 is 5.97 Å². The molecule has 1 saturated heterocycles. The molecule has 3 N–H and O–H groups in total. The quantitative estimate of drug-likeness (QED) is 0.771. The van der Waals surface area contributed by atoms with E-state index in [0.29, 0.717) is 24.3 Å². The van der Waals surface area contributed by atoms with Crippen LogP contribution in [0.4, 0.5) is 5.82 Å². The first kappa shape index (κ1) is 11.9. The van der Waals surface area contributed by atoms with Gasteiger partial charge in [0.15, 0.2) is 11.8 Å². The van der Waals surface area contributed by atoms with Crippen LogP contribution in [0.2, 0.25) is 0 Å². The minimum Gasteiger partial charge on any atom is -0.479 e. The van der Waals surface area contributed by atoms with Crippen molar-refractivity contribution in [1.29, 1.82) is 0 Å². The minimum atomic E-state index is -0.922. The number of hydrogen-bond donors (Lipinski definition) is 3. The molecule has 7 nitrogen and oxygen atoms in total. The first-order chi connectivity index (χ1) is 9.17. The van der Waals surface area contributed by atoms with E-state index in [1.807, 2.05) is 12.1 Å². The second-order valence-corrected chi connectivity index (χ2v) is 4.47. The summed E-state index contributed by atoms with van der Waals surface area (Å²) in [4.78, 5) is 22.7. The Bertz CT molecular complexity index is 624. The summed E-state index contributed by atoms with van der Waals surface area (Å²) < 4.78 is 5.46. The maximum absolute atomic E-state index is 10.9. The van der Waals surface area contributed by atoms with E-state index in [1.54, 1.807) is 7.05 Å². The standard InChI is InChI=1S/C12H14N4O3/c1-13-9-5-2-6-10(15-9)16-11(14-6)7-3-4-8(19-7)12(17)18/h2,5,7-8H,3-4H2,1H3,(H,17,18)(H2,13,14,15,16). The molecule has 19 heavy (non-hydrogen) atoms. The topological polar surface area (TPSA) is 100 Å². The molecule has 1 aliphatic heterocycles. The summed E-state index contributed by atoms with van der Waals surface area (Å²) in [5.41, 5.74) is 1.42. The maximum Gasteiger partial charge on any atom is 0.332 e.